The molecule has 5 saturated carbocycles. The number of aromatic nitrogens is 3. The standard InChI is InChI=1S/C33H33FN4O3S/c1-20-35-25-8-7-23(14-26(25)42-20)22-3-2-4-24(13-22)38(29(39)31-15-32(34,16-31)17-31)18-30-9-11-33(12-10-30,40-19-30)28-36-27(37-41-28)21-5-6-21/h2-4,7-8,13-14,21H,5-6,9-12,15-19H2,1H3. The van der Waals surface area contributed by atoms with Gasteiger partial charge in [0.05, 0.1) is 27.2 Å². The van der Waals surface area contributed by atoms with Crippen LogP contribution in [0.2, 0.25) is 0 Å². The van der Waals surface area contributed by atoms with Gasteiger partial charge in [-0.15, -0.1) is 11.3 Å². The van der Waals surface area contributed by atoms with Gasteiger partial charge in [0.15, 0.2) is 5.82 Å². The number of ether oxygens (including phenoxy) is 1. The molecule has 2 aromatic carbocycles. The smallest absolute Gasteiger partial charge is 0.258 e. The molecule has 4 aromatic rings. The van der Waals surface area contributed by atoms with E-state index < -0.39 is 16.7 Å². The molecule has 7 aliphatic rings. The summed E-state index contributed by atoms with van der Waals surface area (Å²) in [6.45, 7) is 3.13. The van der Waals surface area contributed by atoms with E-state index in [4.69, 9.17) is 14.2 Å². The Labute approximate surface area is 247 Å². The van der Waals surface area contributed by atoms with E-state index in [1.165, 1.54) is 0 Å². The number of aryl methyl sites for hydroxylation is 1. The molecule has 216 valence electrons. The van der Waals surface area contributed by atoms with Crippen molar-refractivity contribution >= 4 is 33.1 Å². The van der Waals surface area contributed by atoms with Crippen molar-refractivity contribution < 1.29 is 18.4 Å². The monoisotopic (exact) mass is 584 g/mol. The summed E-state index contributed by atoms with van der Waals surface area (Å²) in [6, 6.07) is 14.6. The van der Waals surface area contributed by atoms with Crippen LogP contribution < -0.4 is 4.90 Å². The van der Waals surface area contributed by atoms with Crippen LogP contribution in [-0.4, -0.2) is 39.9 Å². The number of amides is 1. The van der Waals surface area contributed by atoms with Crippen LogP contribution in [-0.2, 0) is 15.1 Å². The topological polar surface area (TPSA) is 81.3 Å². The molecule has 1 amide bonds. The minimum atomic E-state index is -1.13. The molecule has 4 heterocycles. The molecule has 0 atom stereocenters. The summed E-state index contributed by atoms with van der Waals surface area (Å²) in [4.78, 5) is 25.5. The number of rotatable bonds is 7. The van der Waals surface area contributed by atoms with Crippen LogP contribution in [0.4, 0.5) is 10.1 Å². The number of fused-ring (bicyclic) bond motifs is 4. The average Bonchev–Trinajstić information content (AvgIpc) is 3.57. The highest BCUT2D eigenvalue weighted by Gasteiger charge is 2.73. The molecule has 4 bridgehead atoms. The van der Waals surface area contributed by atoms with Gasteiger partial charge in [0.2, 0.25) is 5.91 Å². The van der Waals surface area contributed by atoms with Gasteiger partial charge in [-0.25, -0.2) is 9.37 Å². The summed E-state index contributed by atoms with van der Waals surface area (Å²) in [5.74, 6) is 1.94. The third-order valence-electron chi connectivity index (χ3n) is 10.7. The van der Waals surface area contributed by atoms with Crippen LogP contribution in [0.3, 0.4) is 0 Å². The molecule has 9 heteroatoms. The molecule has 42 heavy (non-hydrogen) atoms. The van der Waals surface area contributed by atoms with Crippen molar-refractivity contribution in [2.75, 3.05) is 18.1 Å². The Hall–Kier alpha value is -3.17. The van der Waals surface area contributed by atoms with Crippen LogP contribution >= 0.6 is 11.3 Å². The van der Waals surface area contributed by atoms with Crippen molar-refractivity contribution in [3.63, 3.8) is 0 Å². The average molecular weight is 585 g/mol. The SMILES string of the molecule is Cc1nc2ccc(-c3cccc(N(CC45CCC(c6nc(C7CC7)no6)(CC4)OC5)C(=O)C45CC(F)(C4)C5)c3)cc2s1. The summed E-state index contributed by atoms with van der Waals surface area (Å²) in [7, 11) is 0. The maximum Gasteiger partial charge on any atom is 0.258 e. The van der Waals surface area contributed by atoms with Gasteiger partial charge in [0.25, 0.3) is 5.89 Å². The van der Waals surface area contributed by atoms with Crippen molar-refractivity contribution in [3.8, 4) is 11.1 Å². The highest BCUT2D eigenvalue weighted by molar-refractivity contribution is 7.18. The number of carbonyl (C=O) groups is 1. The zero-order chi connectivity index (χ0) is 28.3. The van der Waals surface area contributed by atoms with Crippen LogP contribution in [0.5, 0.6) is 0 Å². The largest absolute Gasteiger partial charge is 0.364 e. The number of benzene rings is 2. The van der Waals surface area contributed by atoms with Crippen molar-refractivity contribution in [1.29, 1.82) is 0 Å². The fraction of sp³-hybridized carbons (Fsp3) is 0.515. The third kappa shape index (κ3) is 3.78. The molecule has 7 fully saturated rings. The highest BCUT2D eigenvalue weighted by atomic mass is 32.1. The van der Waals surface area contributed by atoms with E-state index >= 15 is 0 Å². The Morgan fingerprint density at radius 3 is 2.55 bits per heavy atom. The molecule has 0 unspecified atom stereocenters. The lowest BCUT2D eigenvalue weighted by Gasteiger charge is -2.65. The van der Waals surface area contributed by atoms with Crippen LogP contribution in [0.15, 0.2) is 47.0 Å². The molecule has 0 spiro atoms. The van der Waals surface area contributed by atoms with Gasteiger partial charge >= 0.3 is 0 Å². The predicted molar refractivity (Wildman–Crippen MR) is 157 cm³/mol. The Morgan fingerprint density at radius 1 is 1.05 bits per heavy atom. The van der Waals surface area contributed by atoms with Crippen LogP contribution in [0.25, 0.3) is 21.3 Å². The van der Waals surface area contributed by atoms with E-state index in [0.717, 1.165) is 76.4 Å². The first-order valence-electron chi connectivity index (χ1n) is 15.2. The minimum absolute atomic E-state index is 0.0653. The first-order valence-corrected chi connectivity index (χ1v) is 16.0. The van der Waals surface area contributed by atoms with Gasteiger partial charge < -0.3 is 14.2 Å². The van der Waals surface area contributed by atoms with Gasteiger partial charge in [0.1, 0.15) is 11.3 Å². The molecule has 0 radical (unpaired) electrons. The second-order valence-corrected chi connectivity index (χ2v) is 15.1. The molecule has 2 saturated heterocycles. The number of carbonyl (C=O) groups excluding carboxylic acids is 1. The summed E-state index contributed by atoms with van der Waals surface area (Å²) >= 11 is 1.69. The number of hydrogen-bond acceptors (Lipinski definition) is 7. The van der Waals surface area contributed by atoms with Crippen LogP contribution in [0, 0.1) is 17.8 Å². The fourth-order valence-electron chi connectivity index (χ4n) is 8.04. The van der Waals surface area contributed by atoms with E-state index in [0.29, 0.717) is 44.2 Å². The quantitative estimate of drug-likeness (QED) is 0.228. The minimum Gasteiger partial charge on any atom is -0.364 e. The molecule has 7 nitrogen and oxygen atoms in total. The lowest BCUT2D eigenvalue weighted by molar-refractivity contribution is -0.214. The fourth-order valence-corrected chi connectivity index (χ4v) is 8.90. The van der Waals surface area contributed by atoms with E-state index in [9.17, 15) is 9.18 Å². The molecule has 2 aromatic heterocycles. The lowest BCUT2D eigenvalue weighted by Crippen LogP contribution is -2.71. The number of hydrogen-bond donors (Lipinski definition) is 0. The predicted octanol–water partition coefficient (Wildman–Crippen LogP) is 7.24. The van der Waals surface area contributed by atoms with Gasteiger partial charge in [-0.3, -0.25) is 4.79 Å². The van der Waals surface area contributed by atoms with Gasteiger partial charge in [0, 0.05) is 23.6 Å². The number of thiazole rings is 1. The number of halogens is 1. The summed E-state index contributed by atoms with van der Waals surface area (Å²) in [5.41, 5.74) is 1.66. The Balaban J connectivity index is 1.02. The molecule has 2 aliphatic heterocycles. The second kappa shape index (κ2) is 8.47. The first kappa shape index (κ1) is 25.3. The van der Waals surface area contributed by atoms with E-state index in [1.807, 2.05) is 24.0 Å². The number of alkyl halides is 1. The van der Waals surface area contributed by atoms with Crippen molar-refractivity contribution in [2.45, 2.75) is 81.9 Å². The van der Waals surface area contributed by atoms with Gasteiger partial charge in [-0.1, -0.05) is 23.4 Å². The third-order valence-corrected chi connectivity index (χ3v) is 11.6. The van der Waals surface area contributed by atoms with Crippen LogP contribution in [0.1, 0.15) is 80.4 Å². The molecule has 5 aliphatic carbocycles. The zero-order valence-electron chi connectivity index (χ0n) is 23.7. The first-order chi connectivity index (χ1) is 20.3. The number of anilines is 1. The summed E-state index contributed by atoms with van der Waals surface area (Å²) in [6.07, 6.45) is 6.74. The summed E-state index contributed by atoms with van der Waals surface area (Å²) < 4.78 is 28.1. The van der Waals surface area contributed by atoms with Gasteiger partial charge in [-0.2, -0.15) is 4.98 Å². The maximum absolute atomic E-state index is 14.6. The second-order valence-electron chi connectivity index (χ2n) is 13.8. The molecule has 11 rings (SSSR count). The zero-order valence-corrected chi connectivity index (χ0v) is 24.5. The normalized spacial score (nSPS) is 32.9. The summed E-state index contributed by atoms with van der Waals surface area (Å²) in [5, 5.41) is 5.29. The van der Waals surface area contributed by atoms with Crippen molar-refractivity contribution in [1.82, 2.24) is 15.1 Å². The van der Waals surface area contributed by atoms with Gasteiger partial charge in [-0.05, 0) is 100 Å². The molecular formula is C33H33FN4O3S. The molecular weight excluding hydrogens is 551 g/mol. The lowest BCUT2D eigenvalue weighted by atomic mass is 9.41. The van der Waals surface area contributed by atoms with Crippen molar-refractivity contribution in [2.24, 2.45) is 10.8 Å². The van der Waals surface area contributed by atoms with Crippen molar-refractivity contribution in [3.05, 3.63) is 59.2 Å². The Kier molecular flexibility index (Phi) is 5.11. The van der Waals surface area contributed by atoms with E-state index in [1.54, 1.807) is 11.3 Å². The highest BCUT2D eigenvalue weighted by Crippen LogP contribution is 2.70. The Bertz CT molecular complexity index is 1710. The Morgan fingerprint density at radius 2 is 1.83 bits per heavy atom. The molecule has 0 N–H and O–H groups in total. The number of nitrogens with zero attached hydrogens (tertiary/aromatic N) is 4. The van der Waals surface area contributed by atoms with E-state index in [2.05, 4.69) is 40.5 Å². The maximum atomic E-state index is 14.6. The van der Waals surface area contributed by atoms with E-state index in [-0.39, 0.29) is 11.3 Å².